The number of likely N-dealkylation sites (tertiary alicyclic amines) is 1. The molecule has 106 valence electrons. The average molecular weight is 272 g/mol. The third-order valence-corrected chi connectivity index (χ3v) is 3.99. The lowest BCUT2D eigenvalue weighted by Gasteiger charge is -2.32. The van der Waals surface area contributed by atoms with Gasteiger partial charge in [-0.2, -0.15) is 0 Å². The minimum atomic E-state index is -0.0375. The summed E-state index contributed by atoms with van der Waals surface area (Å²) >= 11 is 0. The highest BCUT2D eigenvalue weighted by atomic mass is 16.3. The molecule has 2 heterocycles. The number of rotatable bonds is 4. The molecule has 0 atom stereocenters. The number of aromatic nitrogens is 3. The van der Waals surface area contributed by atoms with E-state index in [0.29, 0.717) is 11.9 Å². The van der Waals surface area contributed by atoms with Gasteiger partial charge in [-0.3, -0.25) is 4.90 Å². The Kier molecular flexibility index (Phi) is 4.08. The van der Waals surface area contributed by atoms with Gasteiger partial charge in [0.25, 0.3) is 0 Å². The molecule has 5 nitrogen and oxygen atoms in total. The molecule has 3 rings (SSSR count). The van der Waals surface area contributed by atoms with E-state index in [0.717, 1.165) is 32.5 Å². The molecule has 20 heavy (non-hydrogen) atoms. The maximum atomic E-state index is 9.25. The Labute approximate surface area is 118 Å². The lowest BCUT2D eigenvalue weighted by Crippen LogP contribution is -2.34. The van der Waals surface area contributed by atoms with Crippen LogP contribution in [0.2, 0.25) is 0 Å². The number of hydrogen-bond acceptors (Lipinski definition) is 4. The molecule has 1 saturated heterocycles. The number of aliphatic hydroxyl groups is 1. The Bertz CT molecular complexity index is 532. The van der Waals surface area contributed by atoms with Crippen molar-refractivity contribution >= 4 is 0 Å². The zero-order chi connectivity index (χ0) is 13.8. The molecule has 0 bridgehead atoms. The van der Waals surface area contributed by atoms with Crippen molar-refractivity contribution in [1.82, 2.24) is 19.7 Å². The first-order chi connectivity index (χ1) is 9.86. The summed E-state index contributed by atoms with van der Waals surface area (Å²) in [4.78, 5) is 2.48. The standard InChI is InChI=1S/C15H20N4O/c20-11-15-17-16-12-19(15)14-6-8-18(9-7-14)10-13-4-2-1-3-5-13/h1-5,12,14,20H,6-11H2. The van der Waals surface area contributed by atoms with Crippen LogP contribution in [0, 0.1) is 0 Å². The van der Waals surface area contributed by atoms with E-state index in [2.05, 4.69) is 45.4 Å². The highest BCUT2D eigenvalue weighted by Gasteiger charge is 2.22. The normalized spacial score (nSPS) is 17.4. The molecule has 0 aliphatic carbocycles. The fraction of sp³-hybridized carbons (Fsp3) is 0.467. The first-order valence-corrected chi connectivity index (χ1v) is 7.12. The zero-order valence-corrected chi connectivity index (χ0v) is 11.5. The first kappa shape index (κ1) is 13.3. The highest BCUT2D eigenvalue weighted by Crippen LogP contribution is 2.24. The van der Waals surface area contributed by atoms with Crippen LogP contribution in [0.15, 0.2) is 36.7 Å². The predicted molar refractivity (Wildman–Crippen MR) is 75.9 cm³/mol. The molecule has 0 amide bonds. The van der Waals surface area contributed by atoms with E-state index in [4.69, 9.17) is 0 Å². The molecule has 2 aromatic rings. The molecule has 1 fully saturated rings. The summed E-state index contributed by atoms with van der Waals surface area (Å²) in [5.74, 6) is 0.673. The van der Waals surface area contributed by atoms with Crippen molar-refractivity contribution in [3.63, 3.8) is 0 Å². The topological polar surface area (TPSA) is 54.2 Å². The van der Waals surface area contributed by atoms with E-state index in [9.17, 15) is 5.11 Å². The second kappa shape index (κ2) is 6.15. The lowest BCUT2D eigenvalue weighted by molar-refractivity contribution is 0.172. The fourth-order valence-corrected chi connectivity index (χ4v) is 2.88. The van der Waals surface area contributed by atoms with E-state index in [-0.39, 0.29) is 6.61 Å². The summed E-state index contributed by atoms with van der Waals surface area (Å²) in [6, 6.07) is 11.0. The van der Waals surface area contributed by atoms with Crippen LogP contribution in [0.25, 0.3) is 0 Å². The molecular formula is C15H20N4O. The number of nitrogens with zero attached hydrogens (tertiary/aromatic N) is 4. The predicted octanol–water partition coefficient (Wildman–Crippen LogP) is 1.61. The van der Waals surface area contributed by atoms with E-state index in [1.54, 1.807) is 6.33 Å². The third-order valence-electron chi connectivity index (χ3n) is 3.99. The van der Waals surface area contributed by atoms with Gasteiger partial charge in [0, 0.05) is 25.7 Å². The van der Waals surface area contributed by atoms with Gasteiger partial charge in [0.1, 0.15) is 12.9 Å². The summed E-state index contributed by atoms with van der Waals surface area (Å²) < 4.78 is 2.03. The minimum Gasteiger partial charge on any atom is -0.388 e. The molecule has 0 saturated carbocycles. The van der Waals surface area contributed by atoms with Gasteiger partial charge in [0.2, 0.25) is 0 Å². The molecule has 1 aromatic carbocycles. The van der Waals surface area contributed by atoms with Crippen molar-refractivity contribution in [1.29, 1.82) is 0 Å². The second-order valence-corrected chi connectivity index (χ2v) is 5.31. The van der Waals surface area contributed by atoms with Gasteiger partial charge in [0.05, 0.1) is 0 Å². The Morgan fingerprint density at radius 1 is 1.15 bits per heavy atom. The van der Waals surface area contributed by atoms with Gasteiger partial charge < -0.3 is 9.67 Å². The Balaban J connectivity index is 1.57. The fourth-order valence-electron chi connectivity index (χ4n) is 2.88. The van der Waals surface area contributed by atoms with E-state index in [1.165, 1.54) is 5.56 Å². The van der Waals surface area contributed by atoms with Crippen molar-refractivity contribution in [3.05, 3.63) is 48.0 Å². The molecule has 1 aliphatic rings. The number of piperidine rings is 1. The molecule has 1 aromatic heterocycles. The molecule has 0 radical (unpaired) electrons. The molecule has 1 N–H and O–H groups in total. The number of aliphatic hydroxyl groups excluding tert-OH is 1. The summed E-state index contributed by atoms with van der Waals surface area (Å²) in [6.07, 6.45) is 3.90. The van der Waals surface area contributed by atoms with Crippen molar-refractivity contribution in [2.75, 3.05) is 13.1 Å². The van der Waals surface area contributed by atoms with Crippen molar-refractivity contribution < 1.29 is 5.11 Å². The van der Waals surface area contributed by atoms with Crippen LogP contribution in [-0.2, 0) is 13.2 Å². The molecular weight excluding hydrogens is 252 g/mol. The van der Waals surface area contributed by atoms with Crippen LogP contribution < -0.4 is 0 Å². The van der Waals surface area contributed by atoms with E-state index >= 15 is 0 Å². The summed E-state index contributed by atoms with van der Waals surface area (Å²) in [5, 5.41) is 17.1. The van der Waals surface area contributed by atoms with E-state index in [1.807, 2.05) is 4.57 Å². The zero-order valence-electron chi connectivity index (χ0n) is 11.5. The van der Waals surface area contributed by atoms with Crippen LogP contribution in [0.5, 0.6) is 0 Å². The number of benzene rings is 1. The maximum Gasteiger partial charge on any atom is 0.158 e. The van der Waals surface area contributed by atoms with Gasteiger partial charge in [0.15, 0.2) is 5.82 Å². The van der Waals surface area contributed by atoms with Crippen molar-refractivity contribution in [3.8, 4) is 0 Å². The minimum absolute atomic E-state index is 0.0375. The van der Waals surface area contributed by atoms with Gasteiger partial charge in [-0.15, -0.1) is 10.2 Å². The summed E-state index contributed by atoms with van der Waals surface area (Å²) in [5.41, 5.74) is 1.37. The van der Waals surface area contributed by atoms with E-state index < -0.39 is 0 Å². The Hall–Kier alpha value is -1.72. The second-order valence-electron chi connectivity index (χ2n) is 5.31. The highest BCUT2D eigenvalue weighted by molar-refractivity contribution is 5.14. The smallest absolute Gasteiger partial charge is 0.158 e. The van der Waals surface area contributed by atoms with Gasteiger partial charge >= 0.3 is 0 Å². The van der Waals surface area contributed by atoms with Crippen molar-refractivity contribution in [2.45, 2.75) is 32.0 Å². The van der Waals surface area contributed by atoms with Crippen LogP contribution in [0.4, 0.5) is 0 Å². The summed E-state index contributed by atoms with van der Waals surface area (Å²) in [7, 11) is 0. The van der Waals surface area contributed by atoms with Gasteiger partial charge in [-0.25, -0.2) is 0 Å². The lowest BCUT2D eigenvalue weighted by atomic mass is 10.0. The summed E-state index contributed by atoms with van der Waals surface area (Å²) in [6.45, 7) is 3.12. The van der Waals surface area contributed by atoms with Gasteiger partial charge in [-0.05, 0) is 18.4 Å². The molecule has 0 spiro atoms. The maximum absolute atomic E-state index is 9.25. The Morgan fingerprint density at radius 2 is 1.90 bits per heavy atom. The SMILES string of the molecule is OCc1nncn1C1CCN(Cc2ccccc2)CC1. The average Bonchev–Trinajstić information content (AvgIpc) is 2.98. The Morgan fingerprint density at radius 3 is 2.60 bits per heavy atom. The molecule has 0 unspecified atom stereocenters. The quantitative estimate of drug-likeness (QED) is 0.918. The van der Waals surface area contributed by atoms with Crippen LogP contribution in [-0.4, -0.2) is 37.9 Å². The largest absolute Gasteiger partial charge is 0.388 e. The van der Waals surface area contributed by atoms with Crippen molar-refractivity contribution in [2.24, 2.45) is 0 Å². The third kappa shape index (κ3) is 2.89. The first-order valence-electron chi connectivity index (χ1n) is 7.12. The monoisotopic (exact) mass is 272 g/mol. The van der Waals surface area contributed by atoms with Crippen LogP contribution >= 0.6 is 0 Å². The molecule has 5 heteroatoms. The van der Waals surface area contributed by atoms with Crippen LogP contribution in [0.3, 0.4) is 0 Å². The van der Waals surface area contributed by atoms with Gasteiger partial charge in [-0.1, -0.05) is 30.3 Å². The molecule has 1 aliphatic heterocycles. The number of hydrogen-bond donors (Lipinski definition) is 1. The van der Waals surface area contributed by atoms with Crippen LogP contribution in [0.1, 0.15) is 30.3 Å².